The first-order chi connectivity index (χ1) is 11.7. The Morgan fingerprint density at radius 1 is 1.08 bits per heavy atom. The molecule has 1 heterocycles. The molecule has 0 aliphatic rings. The van der Waals surface area contributed by atoms with Gasteiger partial charge in [-0.25, -0.2) is 24.5 Å². The largest absolute Gasteiger partial charge is 0.465 e. The number of methoxy groups -OCH3 is 1. The minimum absolute atomic E-state index is 0.224. The molecule has 7 heteroatoms. The zero-order valence-corrected chi connectivity index (χ0v) is 14.9. The number of carbonyl (C=O) groups excluding carboxylic acids is 2. The highest BCUT2D eigenvalue weighted by molar-refractivity contribution is 5.91. The van der Waals surface area contributed by atoms with E-state index < -0.39 is 17.7 Å². The Balaban J connectivity index is 2.20. The van der Waals surface area contributed by atoms with Crippen LogP contribution in [0.5, 0.6) is 0 Å². The Labute approximate surface area is 146 Å². The molecule has 25 heavy (non-hydrogen) atoms. The maximum atomic E-state index is 12.0. The Bertz CT molecular complexity index is 767. The average Bonchev–Trinajstić information content (AvgIpc) is 2.59. The van der Waals surface area contributed by atoms with Gasteiger partial charge >= 0.3 is 12.1 Å². The van der Waals surface area contributed by atoms with Crippen LogP contribution < -0.4 is 4.90 Å². The Morgan fingerprint density at radius 3 is 2.28 bits per heavy atom. The van der Waals surface area contributed by atoms with Crippen LogP contribution in [0.3, 0.4) is 0 Å². The van der Waals surface area contributed by atoms with Crippen LogP contribution in [0, 0.1) is 0 Å². The number of hydrogen-bond acceptors (Lipinski definition) is 6. The van der Waals surface area contributed by atoms with E-state index in [0.717, 1.165) is 5.56 Å². The summed E-state index contributed by atoms with van der Waals surface area (Å²) in [5.74, 6) is -0.189. The molecule has 2 aromatic rings. The average molecular weight is 343 g/mol. The standard InChI is InChI=1S/C18H21N3O4/c1-18(2,3)25-17(23)21(4)16-19-10-14(11-20-16)12-7-6-8-13(9-12)15(22)24-5/h6-11H,1-5H3. The van der Waals surface area contributed by atoms with E-state index in [1.165, 1.54) is 12.0 Å². The lowest BCUT2D eigenvalue weighted by Crippen LogP contribution is -2.35. The van der Waals surface area contributed by atoms with Gasteiger partial charge in [-0.3, -0.25) is 0 Å². The number of carbonyl (C=O) groups is 2. The fourth-order valence-corrected chi connectivity index (χ4v) is 2.00. The second kappa shape index (κ2) is 7.29. The van der Waals surface area contributed by atoms with Crippen LogP contribution in [0.25, 0.3) is 11.1 Å². The van der Waals surface area contributed by atoms with Crippen LogP contribution in [0.15, 0.2) is 36.7 Å². The first kappa shape index (κ1) is 18.4. The fraction of sp³-hybridized carbons (Fsp3) is 0.333. The van der Waals surface area contributed by atoms with Crippen LogP contribution in [0.2, 0.25) is 0 Å². The zero-order valence-electron chi connectivity index (χ0n) is 14.9. The second-order valence-electron chi connectivity index (χ2n) is 6.38. The molecule has 0 atom stereocenters. The Morgan fingerprint density at radius 2 is 1.72 bits per heavy atom. The number of rotatable bonds is 3. The molecule has 0 spiro atoms. The number of aromatic nitrogens is 2. The fourth-order valence-electron chi connectivity index (χ4n) is 2.00. The topological polar surface area (TPSA) is 81.6 Å². The van der Waals surface area contributed by atoms with Crippen molar-refractivity contribution in [3.05, 3.63) is 42.2 Å². The van der Waals surface area contributed by atoms with E-state index in [0.29, 0.717) is 11.1 Å². The minimum Gasteiger partial charge on any atom is -0.465 e. The van der Waals surface area contributed by atoms with Crippen LogP contribution in [-0.2, 0) is 9.47 Å². The molecule has 0 aliphatic heterocycles. The third-order valence-corrected chi connectivity index (χ3v) is 3.22. The van der Waals surface area contributed by atoms with E-state index in [4.69, 9.17) is 9.47 Å². The number of amides is 1. The highest BCUT2D eigenvalue weighted by Gasteiger charge is 2.22. The molecule has 0 aliphatic carbocycles. The van der Waals surface area contributed by atoms with E-state index in [1.807, 2.05) is 6.07 Å². The third-order valence-electron chi connectivity index (χ3n) is 3.22. The summed E-state index contributed by atoms with van der Waals surface area (Å²) in [4.78, 5) is 33.3. The first-order valence-electron chi connectivity index (χ1n) is 7.69. The molecule has 0 N–H and O–H groups in total. The van der Waals surface area contributed by atoms with Gasteiger partial charge in [-0.1, -0.05) is 12.1 Å². The smallest absolute Gasteiger partial charge is 0.416 e. The lowest BCUT2D eigenvalue weighted by Gasteiger charge is -2.23. The normalized spacial score (nSPS) is 10.9. The molecule has 1 amide bonds. The van der Waals surface area contributed by atoms with E-state index in [1.54, 1.807) is 58.4 Å². The summed E-state index contributed by atoms with van der Waals surface area (Å²) in [6, 6.07) is 6.95. The third kappa shape index (κ3) is 4.76. The van der Waals surface area contributed by atoms with Gasteiger partial charge < -0.3 is 9.47 Å². The maximum absolute atomic E-state index is 12.0. The number of esters is 1. The molecule has 132 valence electrons. The SMILES string of the molecule is COC(=O)c1cccc(-c2cnc(N(C)C(=O)OC(C)(C)C)nc2)c1. The van der Waals surface area contributed by atoms with Crippen molar-refractivity contribution in [2.75, 3.05) is 19.1 Å². The monoisotopic (exact) mass is 343 g/mol. The zero-order chi connectivity index (χ0) is 18.6. The summed E-state index contributed by atoms with van der Waals surface area (Å²) < 4.78 is 9.99. The van der Waals surface area contributed by atoms with Crippen molar-refractivity contribution in [1.82, 2.24) is 9.97 Å². The molecule has 7 nitrogen and oxygen atoms in total. The summed E-state index contributed by atoms with van der Waals surface area (Å²) in [5, 5.41) is 0. The molecule has 0 fully saturated rings. The van der Waals surface area contributed by atoms with Crippen molar-refractivity contribution < 1.29 is 19.1 Å². The van der Waals surface area contributed by atoms with Gasteiger partial charge in [-0.05, 0) is 38.5 Å². The van der Waals surface area contributed by atoms with E-state index in [9.17, 15) is 9.59 Å². The van der Waals surface area contributed by atoms with E-state index in [-0.39, 0.29) is 5.95 Å². The summed E-state index contributed by atoms with van der Waals surface area (Å²) in [6.45, 7) is 5.37. The molecule has 0 saturated heterocycles. The van der Waals surface area contributed by atoms with Gasteiger partial charge in [0.1, 0.15) is 5.60 Å². The van der Waals surface area contributed by atoms with Crippen molar-refractivity contribution in [3.63, 3.8) is 0 Å². The molecular weight excluding hydrogens is 322 g/mol. The number of ether oxygens (including phenoxy) is 2. The van der Waals surface area contributed by atoms with Gasteiger partial charge in [0.2, 0.25) is 5.95 Å². The predicted octanol–water partition coefficient (Wildman–Crippen LogP) is 3.30. The van der Waals surface area contributed by atoms with E-state index >= 15 is 0 Å². The van der Waals surface area contributed by atoms with Gasteiger partial charge in [0, 0.05) is 25.0 Å². The van der Waals surface area contributed by atoms with Gasteiger partial charge in [-0.2, -0.15) is 0 Å². The molecule has 1 aromatic heterocycles. The highest BCUT2D eigenvalue weighted by atomic mass is 16.6. The lowest BCUT2D eigenvalue weighted by molar-refractivity contribution is 0.0582. The molecule has 0 unspecified atom stereocenters. The molecule has 0 saturated carbocycles. The summed E-state index contributed by atoms with van der Waals surface area (Å²) in [6.07, 6.45) is 2.63. The summed E-state index contributed by atoms with van der Waals surface area (Å²) >= 11 is 0. The molecule has 2 rings (SSSR count). The number of benzene rings is 1. The summed E-state index contributed by atoms with van der Waals surface area (Å²) in [7, 11) is 2.88. The van der Waals surface area contributed by atoms with Gasteiger partial charge in [-0.15, -0.1) is 0 Å². The predicted molar refractivity (Wildman–Crippen MR) is 93.4 cm³/mol. The van der Waals surface area contributed by atoms with Crippen molar-refractivity contribution in [2.45, 2.75) is 26.4 Å². The van der Waals surface area contributed by atoms with Gasteiger partial charge in [0.05, 0.1) is 12.7 Å². The van der Waals surface area contributed by atoms with Crippen LogP contribution in [0.1, 0.15) is 31.1 Å². The highest BCUT2D eigenvalue weighted by Crippen LogP contribution is 2.21. The molecule has 0 radical (unpaired) electrons. The van der Waals surface area contributed by atoms with Crippen LogP contribution in [-0.4, -0.2) is 41.8 Å². The van der Waals surface area contributed by atoms with Crippen molar-refractivity contribution in [1.29, 1.82) is 0 Å². The van der Waals surface area contributed by atoms with Gasteiger partial charge in [0.15, 0.2) is 0 Å². The number of anilines is 1. The van der Waals surface area contributed by atoms with Gasteiger partial charge in [0.25, 0.3) is 0 Å². The molecular formula is C18H21N3O4. The van der Waals surface area contributed by atoms with Crippen molar-refractivity contribution >= 4 is 18.0 Å². The Kier molecular flexibility index (Phi) is 5.36. The number of hydrogen-bond donors (Lipinski definition) is 0. The lowest BCUT2D eigenvalue weighted by atomic mass is 10.1. The minimum atomic E-state index is -0.598. The molecule has 1 aromatic carbocycles. The maximum Gasteiger partial charge on any atom is 0.416 e. The first-order valence-corrected chi connectivity index (χ1v) is 7.69. The van der Waals surface area contributed by atoms with Crippen LogP contribution >= 0.6 is 0 Å². The number of nitrogens with zero attached hydrogens (tertiary/aromatic N) is 3. The quantitative estimate of drug-likeness (QED) is 0.795. The van der Waals surface area contributed by atoms with Crippen LogP contribution in [0.4, 0.5) is 10.7 Å². The molecule has 0 bridgehead atoms. The Hall–Kier alpha value is -2.96. The van der Waals surface area contributed by atoms with Crippen molar-refractivity contribution in [2.24, 2.45) is 0 Å². The van der Waals surface area contributed by atoms with Crippen molar-refractivity contribution in [3.8, 4) is 11.1 Å². The summed E-state index contributed by atoms with van der Waals surface area (Å²) in [5.41, 5.74) is 1.33. The van der Waals surface area contributed by atoms with E-state index in [2.05, 4.69) is 9.97 Å². The second-order valence-corrected chi connectivity index (χ2v) is 6.38.